The smallest absolute Gasteiger partial charge is 0.161 e. The first-order valence-corrected chi connectivity index (χ1v) is 9.56. The van der Waals surface area contributed by atoms with Gasteiger partial charge in [0, 0.05) is 38.5 Å². The van der Waals surface area contributed by atoms with Crippen molar-refractivity contribution >= 4 is 11.0 Å². The molecule has 0 radical (unpaired) electrons. The molecule has 3 rings (SSSR count). The second-order valence-electron chi connectivity index (χ2n) is 5.46. The predicted molar refractivity (Wildman–Crippen MR) is 94.8 cm³/mol. The molecule has 0 saturated carbocycles. The molecule has 0 bridgehead atoms. The Morgan fingerprint density at radius 1 is 1.17 bits per heavy atom. The number of nitrogens with one attached hydrogen (secondary N) is 1. The van der Waals surface area contributed by atoms with E-state index >= 15 is 0 Å². The number of piperidine rings is 1. The van der Waals surface area contributed by atoms with E-state index in [0.717, 1.165) is 44.0 Å². The third-order valence-electron chi connectivity index (χ3n) is 4.25. The van der Waals surface area contributed by atoms with Crippen LogP contribution in [0, 0.1) is 0 Å². The summed E-state index contributed by atoms with van der Waals surface area (Å²) >= 11 is 0. The molecule has 2 heterocycles. The largest absolute Gasteiger partial charge is 0.493 e. The van der Waals surface area contributed by atoms with E-state index < -0.39 is 11.0 Å². The SMILES string of the molecule is CC.COc1ccc(S(=O)N2CCC3(CC2)NCCO3)cc1OC. The third-order valence-corrected chi connectivity index (χ3v) is 5.74. The quantitative estimate of drug-likeness (QED) is 0.896. The molecule has 7 heteroatoms. The van der Waals surface area contributed by atoms with Crippen molar-refractivity contribution in [3.8, 4) is 11.5 Å². The van der Waals surface area contributed by atoms with Crippen LogP contribution in [-0.2, 0) is 15.7 Å². The molecule has 1 unspecified atom stereocenters. The summed E-state index contributed by atoms with van der Waals surface area (Å²) in [5.74, 6) is 1.24. The van der Waals surface area contributed by atoms with Crippen molar-refractivity contribution in [2.45, 2.75) is 37.3 Å². The van der Waals surface area contributed by atoms with Crippen molar-refractivity contribution in [2.75, 3.05) is 40.5 Å². The van der Waals surface area contributed by atoms with E-state index in [9.17, 15) is 4.21 Å². The number of hydrogen-bond acceptors (Lipinski definition) is 5. The van der Waals surface area contributed by atoms with Crippen molar-refractivity contribution in [1.29, 1.82) is 0 Å². The van der Waals surface area contributed by atoms with Gasteiger partial charge in [-0.3, -0.25) is 5.32 Å². The maximum atomic E-state index is 12.8. The Hall–Kier alpha value is -1.15. The van der Waals surface area contributed by atoms with Gasteiger partial charge in [0.15, 0.2) is 11.5 Å². The molecule has 6 nitrogen and oxygen atoms in total. The Balaban J connectivity index is 0.00000100. The average Bonchev–Trinajstić information content (AvgIpc) is 3.11. The molecule has 2 aliphatic heterocycles. The molecule has 0 aromatic heterocycles. The highest BCUT2D eigenvalue weighted by Crippen LogP contribution is 2.32. The van der Waals surface area contributed by atoms with Gasteiger partial charge in [0.05, 0.1) is 25.7 Å². The maximum Gasteiger partial charge on any atom is 0.161 e. The fourth-order valence-electron chi connectivity index (χ4n) is 2.98. The van der Waals surface area contributed by atoms with Crippen LogP contribution >= 0.6 is 0 Å². The minimum Gasteiger partial charge on any atom is -0.493 e. The first-order chi connectivity index (χ1) is 11.7. The van der Waals surface area contributed by atoms with Gasteiger partial charge < -0.3 is 14.2 Å². The Bertz CT molecular complexity index is 552. The molecule has 1 atom stereocenters. The summed E-state index contributed by atoms with van der Waals surface area (Å²) in [6.07, 6.45) is 1.71. The van der Waals surface area contributed by atoms with Gasteiger partial charge in [0.1, 0.15) is 16.7 Å². The molecular formula is C17H28N2O4S. The van der Waals surface area contributed by atoms with Crippen LogP contribution in [0.1, 0.15) is 26.7 Å². The zero-order valence-corrected chi connectivity index (χ0v) is 15.8. The Morgan fingerprint density at radius 2 is 1.83 bits per heavy atom. The lowest BCUT2D eigenvalue weighted by Crippen LogP contribution is -2.51. The number of ether oxygens (including phenoxy) is 3. The van der Waals surface area contributed by atoms with Gasteiger partial charge in [-0.25, -0.2) is 8.51 Å². The molecule has 1 aromatic rings. The van der Waals surface area contributed by atoms with E-state index in [1.54, 1.807) is 26.4 Å². The highest BCUT2D eigenvalue weighted by molar-refractivity contribution is 7.82. The summed E-state index contributed by atoms with van der Waals surface area (Å²) in [6.45, 7) is 7.15. The molecule has 1 N–H and O–H groups in total. The van der Waals surface area contributed by atoms with E-state index in [0.29, 0.717) is 11.5 Å². The monoisotopic (exact) mass is 356 g/mol. The second-order valence-corrected chi connectivity index (χ2v) is 6.95. The van der Waals surface area contributed by atoms with E-state index in [2.05, 4.69) is 5.32 Å². The van der Waals surface area contributed by atoms with Gasteiger partial charge >= 0.3 is 0 Å². The molecule has 1 spiro atoms. The third kappa shape index (κ3) is 4.08. The minimum absolute atomic E-state index is 0.196. The van der Waals surface area contributed by atoms with Crippen LogP contribution in [0.5, 0.6) is 11.5 Å². The number of rotatable bonds is 4. The first-order valence-electron chi connectivity index (χ1n) is 8.45. The molecule has 24 heavy (non-hydrogen) atoms. The minimum atomic E-state index is -1.19. The second kappa shape index (κ2) is 8.80. The number of methoxy groups -OCH3 is 2. The van der Waals surface area contributed by atoms with Gasteiger partial charge in [-0.2, -0.15) is 0 Å². The van der Waals surface area contributed by atoms with Crippen molar-refractivity contribution in [2.24, 2.45) is 0 Å². The molecule has 1 aromatic carbocycles. The molecule has 2 aliphatic rings. The number of benzene rings is 1. The van der Waals surface area contributed by atoms with Gasteiger partial charge in [-0.05, 0) is 12.1 Å². The zero-order chi connectivity index (χ0) is 17.6. The van der Waals surface area contributed by atoms with Crippen molar-refractivity contribution < 1.29 is 18.4 Å². The summed E-state index contributed by atoms with van der Waals surface area (Å²) in [5.41, 5.74) is -0.196. The lowest BCUT2D eigenvalue weighted by molar-refractivity contribution is -0.0440. The topological polar surface area (TPSA) is 60.0 Å². The van der Waals surface area contributed by atoms with Gasteiger partial charge in [-0.15, -0.1) is 0 Å². The maximum absolute atomic E-state index is 12.8. The molecule has 2 fully saturated rings. The highest BCUT2D eigenvalue weighted by Gasteiger charge is 2.39. The summed E-state index contributed by atoms with van der Waals surface area (Å²) in [4.78, 5) is 0.730. The van der Waals surface area contributed by atoms with Gasteiger partial charge in [0.25, 0.3) is 0 Å². The van der Waals surface area contributed by atoms with Crippen molar-refractivity contribution in [3.05, 3.63) is 18.2 Å². The molecule has 0 aliphatic carbocycles. The lowest BCUT2D eigenvalue weighted by atomic mass is 10.0. The molecule has 0 amide bonds. The van der Waals surface area contributed by atoms with E-state index in [1.807, 2.05) is 24.2 Å². The average molecular weight is 356 g/mol. The Labute approximate surface area is 147 Å². The summed E-state index contributed by atoms with van der Waals surface area (Å²) in [6, 6.07) is 5.40. The predicted octanol–water partition coefficient (Wildman–Crippen LogP) is 2.16. The van der Waals surface area contributed by atoms with Gasteiger partial charge in [-0.1, -0.05) is 13.8 Å². The van der Waals surface area contributed by atoms with E-state index in [4.69, 9.17) is 14.2 Å². The summed E-state index contributed by atoms with van der Waals surface area (Å²) < 4.78 is 31.0. The van der Waals surface area contributed by atoms with Crippen molar-refractivity contribution in [1.82, 2.24) is 9.62 Å². The standard InChI is InChI=1S/C15H22N2O4S.C2H6/c1-19-13-4-3-12(11-14(13)20-2)22(18)17-8-5-15(6-9-17)16-7-10-21-15;1-2/h3-4,11,16H,5-10H2,1-2H3;1-2H3. The van der Waals surface area contributed by atoms with E-state index in [1.165, 1.54) is 0 Å². The number of nitrogens with zero attached hydrogens (tertiary/aromatic N) is 1. The summed E-state index contributed by atoms with van der Waals surface area (Å²) in [5, 5.41) is 3.42. The molecule has 2 saturated heterocycles. The normalized spacial score (nSPS) is 21.0. The summed E-state index contributed by atoms with van der Waals surface area (Å²) in [7, 11) is 1.98. The van der Waals surface area contributed by atoms with Crippen molar-refractivity contribution in [3.63, 3.8) is 0 Å². The zero-order valence-electron chi connectivity index (χ0n) is 15.0. The van der Waals surface area contributed by atoms with Crippen LogP contribution in [0.25, 0.3) is 0 Å². The van der Waals surface area contributed by atoms with Crippen LogP contribution in [0.2, 0.25) is 0 Å². The van der Waals surface area contributed by atoms with Crippen LogP contribution in [0.15, 0.2) is 23.1 Å². The first kappa shape index (κ1) is 19.2. The Morgan fingerprint density at radius 3 is 2.38 bits per heavy atom. The van der Waals surface area contributed by atoms with E-state index in [-0.39, 0.29) is 5.72 Å². The number of hydrogen-bond donors (Lipinski definition) is 1. The van der Waals surface area contributed by atoms with Crippen LogP contribution in [-0.4, -0.2) is 54.7 Å². The Kier molecular flexibility index (Phi) is 7.03. The fourth-order valence-corrected chi connectivity index (χ4v) is 4.19. The van der Waals surface area contributed by atoms with Crippen LogP contribution < -0.4 is 14.8 Å². The lowest BCUT2D eigenvalue weighted by Gasteiger charge is -2.37. The highest BCUT2D eigenvalue weighted by atomic mass is 32.2. The molecule has 136 valence electrons. The van der Waals surface area contributed by atoms with Crippen LogP contribution in [0.3, 0.4) is 0 Å². The van der Waals surface area contributed by atoms with Gasteiger partial charge in [0.2, 0.25) is 0 Å². The van der Waals surface area contributed by atoms with Crippen LogP contribution in [0.4, 0.5) is 0 Å². The fraction of sp³-hybridized carbons (Fsp3) is 0.647. The molecular weight excluding hydrogens is 328 g/mol.